The van der Waals surface area contributed by atoms with Crippen molar-refractivity contribution in [3.05, 3.63) is 107 Å². The van der Waals surface area contributed by atoms with Crippen LogP contribution in [0.2, 0.25) is 0 Å². The molecule has 0 saturated carbocycles. The minimum Gasteiger partial charge on any atom is -0.485 e. The first-order chi connectivity index (χ1) is 18.6. The lowest BCUT2D eigenvalue weighted by Gasteiger charge is -2.34. The van der Waals surface area contributed by atoms with E-state index >= 15 is 0 Å². The summed E-state index contributed by atoms with van der Waals surface area (Å²) in [4.78, 5) is 18.1. The van der Waals surface area contributed by atoms with Gasteiger partial charge in [-0.25, -0.2) is 4.39 Å². The highest BCUT2D eigenvalue weighted by atomic mass is 19.1. The van der Waals surface area contributed by atoms with Crippen molar-refractivity contribution in [3.63, 3.8) is 0 Å². The summed E-state index contributed by atoms with van der Waals surface area (Å²) in [5, 5.41) is 13.8. The summed E-state index contributed by atoms with van der Waals surface area (Å²) < 4.78 is 20.0. The molecule has 2 atom stereocenters. The molecule has 0 radical (unpaired) electrons. The minimum atomic E-state index is -0.845. The normalized spacial score (nSPS) is 16.4. The number of nitrogens with zero attached hydrogens (tertiary/aromatic N) is 5. The highest BCUT2D eigenvalue weighted by Crippen LogP contribution is 2.32. The van der Waals surface area contributed by atoms with Crippen molar-refractivity contribution in [2.75, 3.05) is 26.7 Å². The Bertz CT molecular complexity index is 1270. The Balaban J connectivity index is 1.45. The van der Waals surface area contributed by atoms with E-state index in [1.165, 1.54) is 0 Å². The molecule has 8 nitrogen and oxygen atoms in total. The van der Waals surface area contributed by atoms with Crippen LogP contribution >= 0.6 is 0 Å². The molecular formula is C29H31FN6O2. The molecule has 0 bridgehead atoms. The molecule has 3 aromatic carbocycles. The van der Waals surface area contributed by atoms with Gasteiger partial charge < -0.3 is 9.64 Å². The maximum Gasteiger partial charge on any atom is 0.234 e. The summed E-state index contributed by atoms with van der Waals surface area (Å²) in [6.45, 7) is 1.72. The number of aromatic nitrogens is 4. The van der Waals surface area contributed by atoms with Gasteiger partial charge in [0.2, 0.25) is 11.7 Å². The predicted octanol–water partition coefficient (Wildman–Crippen LogP) is 4.15. The molecule has 0 spiro atoms. The number of likely N-dealkylation sites (N-methyl/N-ethyl adjacent to an activating group) is 1. The Morgan fingerprint density at radius 2 is 1.74 bits per heavy atom. The van der Waals surface area contributed by atoms with Crippen LogP contribution < -0.4 is 4.74 Å². The van der Waals surface area contributed by atoms with Crippen LogP contribution in [0.15, 0.2) is 84.9 Å². The van der Waals surface area contributed by atoms with Gasteiger partial charge in [-0.2, -0.15) is 5.21 Å². The number of tetrazole rings is 1. The van der Waals surface area contributed by atoms with E-state index in [0.29, 0.717) is 37.6 Å². The number of hydrogen-bond donors (Lipinski definition) is 1. The lowest BCUT2D eigenvalue weighted by molar-refractivity contribution is -0.133. The molecule has 1 amide bonds. The first kappa shape index (κ1) is 25.5. The van der Waals surface area contributed by atoms with Crippen molar-refractivity contribution in [1.29, 1.82) is 0 Å². The van der Waals surface area contributed by atoms with Crippen molar-refractivity contribution in [2.45, 2.75) is 31.2 Å². The van der Waals surface area contributed by atoms with Gasteiger partial charge in [-0.05, 0) is 35.2 Å². The van der Waals surface area contributed by atoms with E-state index in [0.717, 1.165) is 16.7 Å². The SMILES string of the molecule is CN(C(=O)C(c1ccccc1)c1ccccc1)[C@H](CN1CC[C@H](F)C1)c1cccc(OCc2nn[nH]n2)c1. The van der Waals surface area contributed by atoms with Gasteiger partial charge in [0.25, 0.3) is 0 Å². The van der Waals surface area contributed by atoms with Crippen LogP contribution in [0.4, 0.5) is 4.39 Å². The lowest BCUT2D eigenvalue weighted by Crippen LogP contribution is -2.41. The smallest absolute Gasteiger partial charge is 0.234 e. The number of benzene rings is 3. The van der Waals surface area contributed by atoms with Gasteiger partial charge in [0.1, 0.15) is 11.9 Å². The third-order valence-corrected chi connectivity index (χ3v) is 6.97. The second-order valence-corrected chi connectivity index (χ2v) is 9.55. The monoisotopic (exact) mass is 514 g/mol. The average molecular weight is 515 g/mol. The number of carbonyl (C=O) groups is 1. The van der Waals surface area contributed by atoms with Crippen LogP contribution in [-0.4, -0.2) is 69.2 Å². The summed E-state index contributed by atoms with van der Waals surface area (Å²) in [5.41, 5.74) is 2.77. The summed E-state index contributed by atoms with van der Waals surface area (Å²) in [6, 6.07) is 27.0. The maximum absolute atomic E-state index is 14.2. The quantitative estimate of drug-likeness (QED) is 0.342. The van der Waals surface area contributed by atoms with E-state index in [-0.39, 0.29) is 18.6 Å². The fraction of sp³-hybridized carbons (Fsp3) is 0.310. The number of hydrogen-bond acceptors (Lipinski definition) is 6. The third kappa shape index (κ3) is 6.06. The number of alkyl halides is 1. The maximum atomic E-state index is 14.2. The summed E-state index contributed by atoms with van der Waals surface area (Å²) in [6.07, 6.45) is -0.336. The highest BCUT2D eigenvalue weighted by Gasteiger charge is 2.33. The number of amides is 1. The molecule has 1 aliphatic rings. The molecule has 1 saturated heterocycles. The standard InChI is InChI=1S/C29H31FN6O2/c1-35(29(37)28(21-9-4-2-5-10-21)22-11-6-3-7-12-22)26(19-36-16-15-24(30)18-36)23-13-8-14-25(17-23)38-20-27-31-33-34-32-27/h2-14,17,24,26,28H,15-16,18-20H2,1H3,(H,31,32,33,34)/t24-,26+/m0/s1. The second kappa shape index (κ2) is 12.0. The van der Waals surface area contributed by atoms with Gasteiger partial charge in [0.05, 0.1) is 12.0 Å². The number of carbonyl (C=O) groups excluding carboxylic acids is 1. The van der Waals surface area contributed by atoms with Gasteiger partial charge in [0, 0.05) is 26.7 Å². The fourth-order valence-corrected chi connectivity index (χ4v) is 4.98. The number of rotatable bonds is 10. The molecule has 38 heavy (non-hydrogen) atoms. The van der Waals surface area contributed by atoms with Crippen molar-refractivity contribution >= 4 is 5.91 Å². The number of ether oxygens (including phenoxy) is 1. The topological polar surface area (TPSA) is 87.2 Å². The Morgan fingerprint density at radius 1 is 1.05 bits per heavy atom. The van der Waals surface area contributed by atoms with E-state index < -0.39 is 12.1 Å². The molecular weight excluding hydrogens is 483 g/mol. The average Bonchev–Trinajstić information content (AvgIpc) is 3.63. The molecule has 4 aromatic rings. The molecule has 2 heterocycles. The Kier molecular flexibility index (Phi) is 8.04. The lowest BCUT2D eigenvalue weighted by atomic mass is 9.89. The molecule has 1 fully saturated rings. The second-order valence-electron chi connectivity index (χ2n) is 9.55. The summed E-state index contributed by atoms with van der Waals surface area (Å²) in [7, 11) is 1.84. The van der Waals surface area contributed by atoms with Crippen molar-refractivity contribution in [3.8, 4) is 5.75 Å². The molecule has 1 aliphatic heterocycles. The van der Waals surface area contributed by atoms with Gasteiger partial charge >= 0.3 is 0 Å². The van der Waals surface area contributed by atoms with Crippen LogP contribution in [0.3, 0.4) is 0 Å². The molecule has 1 aromatic heterocycles. The molecule has 196 valence electrons. The number of aromatic amines is 1. The van der Waals surface area contributed by atoms with Gasteiger partial charge in [-0.3, -0.25) is 9.69 Å². The van der Waals surface area contributed by atoms with Gasteiger partial charge in [-0.1, -0.05) is 78.0 Å². The van der Waals surface area contributed by atoms with E-state index in [9.17, 15) is 9.18 Å². The van der Waals surface area contributed by atoms with E-state index in [4.69, 9.17) is 4.74 Å². The molecule has 1 N–H and O–H groups in total. The Morgan fingerprint density at radius 3 is 2.34 bits per heavy atom. The van der Waals surface area contributed by atoms with Crippen LogP contribution in [-0.2, 0) is 11.4 Å². The zero-order chi connectivity index (χ0) is 26.3. The molecule has 0 aliphatic carbocycles. The minimum absolute atomic E-state index is 0.0264. The Labute approximate surface area is 221 Å². The van der Waals surface area contributed by atoms with Crippen molar-refractivity contribution in [1.82, 2.24) is 30.4 Å². The van der Waals surface area contributed by atoms with Crippen LogP contribution in [0.25, 0.3) is 0 Å². The fourth-order valence-electron chi connectivity index (χ4n) is 4.98. The zero-order valence-corrected chi connectivity index (χ0v) is 21.3. The summed E-state index contributed by atoms with van der Waals surface area (Å²) >= 11 is 0. The first-order valence-corrected chi connectivity index (χ1v) is 12.8. The number of H-pyrrole nitrogens is 1. The first-order valence-electron chi connectivity index (χ1n) is 12.8. The molecule has 9 heteroatoms. The van der Waals surface area contributed by atoms with E-state index in [1.54, 1.807) is 4.90 Å². The van der Waals surface area contributed by atoms with Gasteiger partial charge in [-0.15, -0.1) is 10.2 Å². The van der Waals surface area contributed by atoms with E-state index in [1.807, 2.05) is 92.0 Å². The molecule has 0 unspecified atom stereocenters. The predicted molar refractivity (Wildman–Crippen MR) is 141 cm³/mol. The van der Waals surface area contributed by atoms with Crippen molar-refractivity contribution in [2.24, 2.45) is 0 Å². The number of halogens is 1. The number of likely N-dealkylation sites (tertiary alicyclic amines) is 1. The largest absolute Gasteiger partial charge is 0.485 e. The van der Waals surface area contributed by atoms with Crippen LogP contribution in [0.1, 0.15) is 40.9 Å². The van der Waals surface area contributed by atoms with Crippen LogP contribution in [0.5, 0.6) is 5.75 Å². The number of nitrogens with one attached hydrogen (secondary N) is 1. The van der Waals surface area contributed by atoms with E-state index in [2.05, 4.69) is 25.5 Å². The Hall–Kier alpha value is -4.11. The molecule has 5 rings (SSSR count). The van der Waals surface area contributed by atoms with Crippen LogP contribution in [0, 0.1) is 0 Å². The highest BCUT2D eigenvalue weighted by molar-refractivity contribution is 5.87. The third-order valence-electron chi connectivity index (χ3n) is 6.97. The van der Waals surface area contributed by atoms with Gasteiger partial charge in [0.15, 0.2) is 6.61 Å². The van der Waals surface area contributed by atoms with Crippen molar-refractivity contribution < 1.29 is 13.9 Å². The summed E-state index contributed by atoms with van der Waals surface area (Å²) in [5.74, 6) is 0.584. The zero-order valence-electron chi connectivity index (χ0n) is 21.3.